The molecule has 212 valence electrons. The molecule has 0 N–H and O–H groups in total. The van der Waals surface area contributed by atoms with Crippen LogP contribution in [0.15, 0.2) is 72.8 Å². The van der Waals surface area contributed by atoms with Gasteiger partial charge in [0.15, 0.2) is 0 Å². The molecule has 0 aliphatic rings. The SMILES string of the molecule is CCCc1ccc(-c2ccc(-c3cc(F)c(C(=O)Oc4cc(F)c(/C=C/C(F)(F)F)c(F)c4)c(F)c3)c(F)c2)cc1. The maximum atomic E-state index is 15.0. The zero-order valence-corrected chi connectivity index (χ0v) is 21.3. The van der Waals surface area contributed by atoms with E-state index in [1.165, 1.54) is 12.1 Å². The summed E-state index contributed by atoms with van der Waals surface area (Å²) in [4.78, 5) is 12.4. The number of allylic oxidation sites excluding steroid dienone is 1. The van der Waals surface area contributed by atoms with Crippen molar-refractivity contribution < 1.29 is 44.7 Å². The fourth-order valence-electron chi connectivity index (χ4n) is 4.12. The van der Waals surface area contributed by atoms with Crippen molar-refractivity contribution in [3.8, 4) is 28.0 Å². The van der Waals surface area contributed by atoms with Crippen LogP contribution in [0.3, 0.4) is 0 Å². The lowest BCUT2D eigenvalue weighted by Crippen LogP contribution is -2.14. The van der Waals surface area contributed by atoms with Crippen LogP contribution in [0.25, 0.3) is 28.3 Å². The predicted molar refractivity (Wildman–Crippen MR) is 138 cm³/mol. The summed E-state index contributed by atoms with van der Waals surface area (Å²) >= 11 is 0. The van der Waals surface area contributed by atoms with Crippen LogP contribution in [0.2, 0.25) is 0 Å². The van der Waals surface area contributed by atoms with Crippen molar-refractivity contribution >= 4 is 12.0 Å². The molecule has 2 nitrogen and oxygen atoms in total. The standard InChI is InChI=1S/C31H20F8O2/c1-2-3-17-4-6-18(7-5-17)19-8-9-22(24(32)12-19)20-13-27(35)29(28(36)14-20)30(40)41-21-15-25(33)23(26(34)16-21)10-11-31(37,38)39/h4-16H,2-3H2,1H3/b11-10+. The maximum Gasteiger partial charge on any atom is 0.409 e. The van der Waals surface area contributed by atoms with E-state index in [-0.39, 0.29) is 17.2 Å². The molecular weight excluding hydrogens is 556 g/mol. The normalized spacial score (nSPS) is 11.7. The third kappa shape index (κ3) is 7.00. The highest BCUT2D eigenvalue weighted by atomic mass is 19.4. The lowest BCUT2D eigenvalue weighted by atomic mass is 9.97. The minimum atomic E-state index is -4.84. The van der Waals surface area contributed by atoms with Crippen LogP contribution in [-0.2, 0) is 6.42 Å². The highest BCUT2D eigenvalue weighted by Gasteiger charge is 2.25. The molecule has 10 heteroatoms. The molecule has 0 aliphatic carbocycles. The summed E-state index contributed by atoms with van der Waals surface area (Å²) in [6, 6.07) is 13.8. The van der Waals surface area contributed by atoms with Crippen molar-refractivity contribution in [2.75, 3.05) is 0 Å². The van der Waals surface area contributed by atoms with E-state index < -0.39 is 64.2 Å². The largest absolute Gasteiger partial charge is 0.423 e. The molecule has 0 spiro atoms. The van der Waals surface area contributed by atoms with Crippen molar-refractivity contribution in [1.82, 2.24) is 0 Å². The molecular formula is C31H20F8O2. The van der Waals surface area contributed by atoms with Crippen molar-refractivity contribution in [3.05, 3.63) is 119 Å². The summed E-state index contributed by atoms with van der Waals surface area (Å²) in [5.41, 5.74) is -0.260. The lowest BCUT2D eigenvalue weighted by Gasteiger charge is -2.11. The van der Waals surface area contributed by atoms with E-state index in [9.17, 15) is 39.9 Å². The number of esters is 1. The molecule has 0 atom stereocenters. The van der Waals surface area contributed by atoms with Gasteiger partial charge in [-0.3, -0.25) is 0 Å². The van der Waals surface area contributed by atoms with Gasteiger partial charge in [-0.2, -0.15) is 13.2 Å². The Morgan fingerprint density at radius 2 is 1.29 bits per heavy atom. The predicted octanol–water partition coefficient (Wildman–Crippen LogP) is 9.46. The van der Waals surface area contributed by atoms with Gasteiger partial charge < -0.3 is 4.74 Å². The number of aryl methyl sites for hydroxylation is 1. The first-order valence-corrected chi connectivity index (χ1v) is 12.2. The number of rotatable bonds is 7. The van der Waals surface area contributed by atoms with Gasteiger partial charge in [-0.15, -0.1) is 0 Å². The van der Waals surface area contributed by atoms with Crippen molar-refractivity contribution in [1.29, 1.82) is 0 Å². The topological polar surface area (TPSA) is 26.3 Å². The molecule has 0 bridgehead atoms. The molecule has 0 aromatic heterocycles. The molecule has 4 aromatic carbocycles. The van der Waals surface area contributed by atoms with E-state index in [1.54, 1.807) is 6.07 Å². The smallest absolute Gasteiger partial charge is 0.409 e. The summed E-state index contributed by atoms with van der Waals surface area (Å²) in [6.45, 7) is 2.05. The number of ether oxygens (including phenoxy) is 1. The van der Waals surface area contributed by atoms with E-state index in [2.05, 4.69) is 11.7 Å². The first kappa shape index (κ1) is 29.5. The van der Waals surface area contributed by atoms with Crippen molar-refractivity contribution in [3.63, 3.8) is 0 Å². The molecule has 0 heterocycles. The number of benzene rings is 4. The minimum absolute atomic E-state index is 0.142. The van der Waals surface area contributed by atoms with Crippen molar-refractivity contribution in [2.45, 2.75) is 25.9 Å². The number of carbonyl (C=O) groups excluding carboxylic acids is 1. The average molecular weight is 576 g/mol. The second-order valence-electron chi connectivity index (χ2n) is 9.02. The van der Waals surface area contributed by atoms with E-state index in [1.807, 2.05) is 24.3 Å². The Morgan fingerprint density at radius 3 is 1.83 bits per heavy atom. The second kappa shape index (κ2) is 12.0. The first-order chi connectivity index (χ1) is 19.4. The highest BCUT2D eigenvalue weighted by Crippen LogP contribution is 2.31. The van der Waals surface area contributed by atoms with E-state index >= 15 is 0 Å². The Labute approximate surface area is 229 Å². The van der Waals surface area contributed by atoms with Gasteiger partial charge >= 0.3 is 12.1 Å². The second-order valence-corrected chi connectivity index (χ2v) is 9.02. The highest BCUT2D eigenvalue weighted by molar-refractivity contribution is 5.92. The summed E-state index contributed by atoms with van der Waals surface area (Å²) in [5, 5.41) is 0. The Balaban J connectivity index is 1.57. The molecule has 0 fully saturated rings. The molecule has 0 radical (unpaired) electrons. The quantitative estimate of drug-likeness (QED) is 0.124. The van der Waals surface area contributed by atoms with Crippen LogP contribution < -0.4 is 4.74 Å². The Kier molecular flexibility index (Phi) is 8.60. The fraction of sp³-hybridized carbons (Fsp3) is 0.129. The zero-order valence-electron chi connectivity index (χ0n) is 21.3. The maximum absolute atomic E-state index is 15.0. The summed E-state index contributed by atoms with van der Waals surface area (Å²) in [5.74, 6) is -9.20. The molecule has 0 saturated carbocycles. The van der Waals surface area contributed by atoms with E-state index in [0.29, 0.717) is 29.8 Å². The Morgan fingerprint density at radius 1 is 0.732 bits per heavy atom. The molecule has 4 rings (SSSR count). The zero-order chi connectivity index (χ0) is 29.9. The van der Waals surface area contributed by atoms with Crippen LogP contribution in [0.1, 0.15) is 34.8 Å². The molecule has 0 amide bonds. The number of halogens is 8. The molecule has 0 unspecified atom stereocenters. The molecule has 0 aliphatic heterocycles. The van der Waals surface area contributed by atoms with Gasteiger partial charge in [-0.1, -0.05) is 49.7 Å². The lowest BCUT2D eigenvalue weighted by molar-refractivity contribution is -0.0790. The number of hydrogen-bond donors (Lipinski definition) is 0. The Bertz CT molecular complexity index is 1580. The number of hydrogen-bond acceptors (Lipinski definition) is 2. The first-order valence-electron chi connectivity index (χ1n) is 12.2. The number of alkyl halides is 3. The van der Waals surface area contributed by atoms with Crippen LogP contribution in [0, 0.1) is 29.1 Å². The third-order valence-corrected chi connectivity index (χ3v) is 6.05. The molecule has 4 aromatic rings. The minimum Gasteiger partial charge on any atom is -0.423 e. The van der Waals surface area contributed by atoms with Gasteiger partial charge in [0.25, 0.3) is 0 Å². The van der Waals surface area contributed by atoms with Gasteiger partial charge in [0, 0.05) is 29.3 Å². The van der Waals surface area contributed by atoms with Gasteiger partial charge in [0.2, 0.25) is 0 Å². The van der Waals surface area contributed by atoms with Gasteiger partial charge in [0.1, 0.15) is 40.4 Å². The van der Waals surface area contributed by atoms with Gasteiger partial charge in [-0.25, -0.2) is 26.7 Å². The van der Waals surface area contributed by atoms with Crippen LogP contribution in [-0.4, -0.2) is 12.1 Å². The fourth-order valence-corrected chi connectivity index (χ4v) is 4.12. The molecule has 41 heavy (non-hydrogen) atoms. The molecule has 0 saturated heterocycles. The summed E-state index contributed by atoms with van der Waals surface area (Å²) in [7, 11) is 0. The van der Waals surface area contributed by atoms with Crippen LogP contribution in [0.5, 0.6) is 5.75 Å². The monoisotopic (exact) mass is 576 g/mol. The van der Waals surface area contributed by atoms with Crippen molar-refractivity contribution in [2.24, 2.45) is 0 Å². The number of carbonyl (C=O) groups is 1. The van der Waals surface area contributed by atoms with Crippen LogP contribution >= 0.6 is 0 Å². The van der Waals surface area contributed by atoms with E-state index in [0.717, 1.165) is 24.0 Å². The summed E-state index contributed by atoms with van der Waals surface area (Å²) < 4.78 is 114. The Hall–Kier alpha value is -4.47. The summed E-state index contributed by atoms with van der Waals surface area (Å²) in [6.07, 6.45) is -3.22. The van der Waals surface area contributed by atoms with Gasteiger partial charge in [-0.05, 0) is 52.9 Å². The van der Waals surface area contributed by atoms with Crippen LogP contribution in [0.4, 0.5) is 35.1 Å². The van der Waals surface area contributed by atoms with Gasteiger partial charge in [0.05, 0.1) is 0 Å². The average Bonchev–Trinajstić information content (AvgIpc) is 2.87. The third-order valence-electron chi connectivity index (χ3n) is 6.05. The van der Waals surface area contributed by atoms with E-state index in [4.69, 9.17) is 0 Å².